The summed E-state index contributed by atoms with van der Waals surface area (Å²) in [7, 11) is 0. The van der Waals surface area contributed by atoms with E-state index in [9.17, 15) is 14.7 Å². The summed E-state index contributed by atoms with van der Waals surface area (Å²) in [6.45, 7) is 5.93. The van der Waals surface area contributed by atoms with Crippen LogP contribution in [-0.2, 0) is 16.1 Å². The molecule has 3 rings (SSSR count). The Hall–Kier alpha value is -3.28. The zero-order valence-electron chi connectivity index (χ0n) is 14.4. The molecule has 1 fully saturated rings. The van der Waals surface area contributed by atoms with Crippen molar-refractivity contribution in [1.29, 1.82) is 0 Å². The fourth-order valence-electron chi connectivity index (χ4n) is 2.85. The van der Waals surface area contributed by atoms with Gasteiger partial charge in [-0.25, -0.2) is 4.79 Å². The van der Waals surface area contributed by atoms with Gasteiger partial charge in [-0.2, -0.15) is 0 Å². The number of hydrogen-bond acceptors (Lipinski definition) is 4. The molecule has 0 radical (unpaired) electrons. The van der Waals surface area contributed by atoms with Crippen LogP contribution in [0.1, 0.15) is 22.7 Å². The normalized spacial score (nSPS) is 19.4. The molecule has 2 unspecified atom stereocenters. The molecular weight excluding hydrogens is 332 g/mol. The molecule has 0 aromatic heterocycles. The smallest absolute Gasteiger partial charge is 0.319 e. The summed E-state index contributed by atoms with van der Waals surface area (Å²) in [6.07, 6.45) is 0. The lowest BCUT2D eigenvalue weighted by Crippen LogP contribution is -2.51. The molecular formula is C20H20N2O4. The van der Waals surface area contributed by atoms with Gasteiger partial charge in [0.1, 0.15) is 18.3 Å². The van der Waals surface area contributed by atoms with Crippen molar-refractivity contribution >= 4 is 12.0 Å². The number of aryl methyl sites for hydroxylation is 1. The molecule has 1 saturated heterocycles. The number of carbonyl (C=O) groups is 2. The predicted octanol–water partition coefficient (Wildman–Crippen LogP) is 2.93. The first kappa shape index (κ1) is 17.5. The van der Waals surface area contributed by atoms with E-state index in [1.54, 1.807) is 12.1 Å². The zero-order chi connectivity index (χ0) is 18.7. The number of amides is 2. The number of ether oxygens (including phenoxy) is 1. The lowest BCUT2D eigenvalue weighted by atomic mass is 9.89. The van der Waals surface area contributed by atoms with E-state index < -0.39 is 24.0 Å². The van der Waals surface area contributed by atoms with Gasteiger partial charge in [0.15, 0.2) is 0 Å². The van der Waals surface area contributed by atoms with Crippen molar-refractivity contribution in [3.63, 3.8) is 0 Å². The predicted molar refractivity (Wildman–Crippen MR) is 96.1 cm³/mol. The molecule has 1 heterocycles. The molecule has 26 heavy (non-hydrogen) atoms. The fourth-order valence-corrected chi connectivity index (χ4v) is 2.85. The standard InChI is InChI=1S/C20H20N2O4/c1-12-3-5-14(6-4-12)11-26-19(24)17-13(2)21-20(25)22-18(17)15-7-9-16(23)10-8-15/h3-10,17-18,23H,2,11H2,1H3,(H2,21,22,25). The quantitative estimate of drug-likeness (QED) is 0.738. The Kier molecular flexibility index (Phi) is 4.93. The van der Waals surface area contributed by atoms with Crippen LogP contribution < -0.4 is 10.6 Å². The summed E-state index contributed by atoms with van der Waals surface area (Å²) in [5.41, 5.74) is 2.96. The van der Waals surface area contributed by atoms with Crippen LogP contribution in [0.4, 0.5) is 4.79 Å². The lowest BCUT2D eigenvalue weighted by molar-refractivity contribution is -0.149. The van der Waals surface area contributed by atoms with E-state index in [1.165, 1.54) is 12.1 Å². The lowest BCUT2D eigenvalue weighted by Gasteiger charge is -2.33. The van der Waals surface area contributed by atoms with Gasteiger partial charge in [0.05, 0.1) is 6.04 Å². The van der Waals surface area contributed by atoms with Crippen LogP contribution >= 0.6 is 0 Å². The van der Waals surface area contributed by atoms with Gasteiger partial charge < -0.3 is 20.5 Å². The van der Waals surface area contributed by atoms with Crippen LogP contribution in [0.2, 0.25) is 0 Å². The largest absolute Gasteiger partial charge is 0.508 e. The number of carbonyl (C=O) groups excluding carboxylic acids is 2. The molecule has 3 N–H and O–H groups in total. The van der Waals surface area contributed by atoms with Gasteiger partial charge in [-0.15, -0.1) is 0 Å². The van der Waals surface area contributed by atoms with Gasteiger partial charge in [-0.05, 0) is 30.2 Å². The Morgan fingerprint density at radius 3 is 2.46 bits per heavy atom. The second-order valence-electron chi connectivity index (χ2n) is 6.26. The maximum absolute atomic E-state index is 12.7. The van der Waals surface area contributed by atoms with Crippen molar-refractivity contribution in [3.8, 4) is 5.75 Å². The molecule has 1 aliphatic rings. The highest BCUT2D eigenvalue weighted by Crippen LogP contribution is 2.31. The maximum Gasteiger partial charge on any atom is 0.319 e. The van der Waals surface area contributed by atoms with E-state index in [1.807, 2.05) is 31.2 Å². The molecule has 6 nitrogen and oxygen atoms in total. The van der Waals surface area contributed by atoms with Crippen molar-refractivity contribution in [3.05, 3.63) is 77.5 Å². The second-order valence-corrected chi connectivity index (χ2v) is 6.26. The molecule has 2 amide bonds. The fraction of sp³-hybridized carbons (Fsp3) is 0.200. The number of hydrogen-bond donors (Lipinski definition) is 3. The molecule has 1 aliphatic heterocycles. The van der Waals surface area contributed by atoms with Crippen LogP contribution in [-0.4, -0.2) is 17.1 Å². The summed E-state index contributed by atoms with van der Waals surface area (Å²) in [4.78, 5) is 24.5. The number of esters is 1. The first-order valence-corrected chi connectivity index (χ1v) is 8.21. The van der Waals surface area contributed by atoms with Gasteiger partial charge in [-0.1, -0.05) is 48.5 Å². The number of phenols is 1. The first-order chi connectivity index (χ1) is 12.4. The van der Waals surface area contributed by atoms with Gasteiger partial charge >= 0.3 is 12.0 Å². The van der Waals surface area contributed by atoms with E-state index in [-0.39, 0.29) is 18.1 Å². The van der Waals surface area contributed by atoms with Crippen molar-refractivity contribution in [2.24, 2.45) is 5.92 Å². The average Bonchev–Trinajstić information content (AvgIpc) is 2.61. The van der Waals surface area contributed by atoms with Crippen LogP contribution in [0.25, 0.3) is 0 Å². The monoisotopic (exact) mass is 352 g/mol. The SMILES string of the molecule is C=C1NC(=O)NC(c2ccc(O)cc2)C1C(=O)OCc1ccc(C)cc1. The molecule has 0 bridgehead atoms. The number of phenolic OH excluding ortho intramolecular Hbond substituents is 1. The molecule has 6 heteroatoms. The minimum absolute atomic E-state index is 0.103. The molecule has 0 aliphatic carbocycles. The maximum atomic E-state index is 12.7. The third-order valence-electron chi connectivity index (χ3n) is 4.28. The Morgan fingerprint density at radius 2 is 1.81 bits per heavy atom. The highest BCUT2D eigenvalue weighted by Gasteiger charge is 2.38. The van der Waals surface area contributed by atoms with Crippen LogP contribution in [0, 0.1) is 12.8 Å². The highest BCUT2D eigenvalue weighted by molar-refractivity contribution is 5.85. The van der Waals surface area contributed by atoms with Gasteiger partial charge in [0.25, 0.3) is 0 Å². The Bertz CT molecular complexity index is 828. The van der Waals surface area contributed by atoms with Crippen molar-refractivity contribution in [1.82, 2.24) is 10.6 Å². The highest BCUT2D eigenvalue weighted by atomic mass is 16.5. The van der Waals surface area contributed by atoms with Gasteiger partial charge in [0.2, 0.25) is 0 Å². The van der Waals surface area contributed by atoms with Crippen LogP contribution in [0.5, 0.6) is 5.75 Å². The number of aromatic hydroxyl groups is 1. The van der Waals surface area contributed by atoms with E-state index in [4.69, 9.17) is 4.74 Å². The number of nitrogens with one attached hydrogen (secondary N) is 2. The number of rotatable bonds is 4. The molecule has 134 valence electrons. The van der Waals surface area contributed by atoms with Gasteiger partial charge in [-0.3, -0.25) is 4.79 Å². The minimum atomic E-state index is -0.775. The Morgan fingerprint density at radius 1 is 1.15 bits per heavy atom. The molecule has 2 aromatic rings. The van der Waals surface area contributed by atoms with Crippen LogP contribution in [0.15, 0.2) is 60.8 Å². The topological polar surface area (TPSA) is 87.7 Å². The van der Waals surface area contributed by atoms with E-state index in [0.29, 0.717) is 5.56 Å². The Labute approximate surface area is 151 Å². The van der Waals surface area contributed by atoms with Crippen molar-refractivity contribution < 1.29 is 19.4 Å². The first-order valence-electron chi connectivity index (χ1n) is 8.21. The number of benzene rings is 2. The zero-order valence-corrected chi connectivity index (χ0v) is 14.4. The minimum Gasteiger partial charge on any atom is -0.508 e. The van der Waals surface area contributed by atoms with E-state index >= 15 is 0 Å². The van der Waals surface area contributed by atoms with Crippen LogP contribution in [0.3, 0.4) is 0 Å². The third-order valence-corrected chi connectivity index (χ3v) is 4.28. The van der Waals surface area contributed by atoms with Gasteiger partial charge in [0, 0.05) is 5.70 Å². The summed E-state index contributed by atoms with van der Waals surface area (Å²) < 4.78 is 5.45. The Balaban J connectivity index is 1.77. The molecule has 0 saturated carbocycles. The summed E-state index contributed by atoms with van der Waals surface area (Å²) >= 11 is 0. The van der Waals surface area contributed by atoms with E-state index in [2.05, 4.69) is 17.2 Å². The van der Waals surface area contributed by atoms with E-state index in [0.717, 1.165) is 11.1 Å². The van der Waals surface area contributed by atoms with Crippen molar-refractivity contribution in [2.45, 2.75) is 19.6 Å². The average molecular weight is 352 g/mol. The van der Waals surface area contributed by atoms with Crippen molar-refractivity contribution in [2.75, 3.05) is 0 Å². The second kappa shape index (κ2) is 7.31. The molecule has 2 atom stereocenters. The number of urea groups is 1. The summed E-state index contributed by atoms with van der Waals surface area (Å²) in [5, 5.41) is 14.7. The molecule has 2 aromatic carbocycles. The third kappa shape index (κ3) is 3.85. The summed E-state index contributed by atoms with van der Waals surface area (Å²) in [6, 6.07) is 12.9. The summed E-state index contributed by atoms with van der Waals surface area (Å²) in [5.74, 6) is -1.16. The molecule has 0 spiro atoms.